The van der Waals surface area contributed by atoms with Gasteiger partial charge < -0.3 is 14.5 Å². The first-order chi connectivity index (χ1) is 13.7. The molecule has 6 rings (SSSR count). The Balaban J connectivity index is 1.31. The number of imidazole rings is 1. The van der Waals surface area contributed by atoms with Gasteiger partial charge in [0.2, 0.25) is 0 Å². The zero-order valence-electron chi connectivity index (χ0n) is 16.9. The Bertz CT molecular complexity index is 849. The third-order valence-corrected chi connectivity index (χ3v) is 6.58. The first-order valence-corrected chi connectivity index (χ1v) is 10.5. The number of benzene rings is 1. The van der Waals surface area contributed by atoms with Crippen molar-refractivity contribution < 1.29 is 9.47 Å². The summed E-state index contributed by atoms with van der Waals surface area (Å²) in [7, 11) is 0. The molecule has 0 saturated carbocycles. The minimum Gasteiger partial charge on any atom is -0.486 e. The van der Waals surface area contributed by atoms with Crippen LogP contribution in [0.2, 0.25) is 0 Å². The molecule has 4 aliphatic rings. The van der Waals surface area contributed by atoms with E-state index in [1.54, 1.807) is 0 Å². The number of aromatic nitrogens is 2. The van der Waals surface area contributed by atoms with E-state index in [0.29, 0.717) is 19.3 Å². The molecule has 0 spiro atoms. The van der Waals surface area contributed by atoms with Gasteiger partial charge in [0.05, 0.1) is 12.0 Å². The van der Waals surface area contributed by atoms with E-state index in [0.717, 1.165) is 37.1 Å². The first kappa shape index (κ1) is 18.0. The Morgan fingerprint density at radius 1 is 1.04 bits per heavy atom. The molecule has 28 heavy (non-hydrogen) atoms. The van der Waals surface area contributed by atoms with Crippen molar-refractivity contribution in [2.75, 3.05) is 32.8 Å². The van der Waals surface area contributed by atoms with E-state index >= 15 is 0 Å². The van der Waals surface area contributed by atoms with Crippen molar-refractivity contribution in [3.05, 3.63) is 41.0 Å². The van der Waals surface area contributed by atoms with Gasteiger partial charge in [-0.25, -0.2) is 4.98 Å². The Hall–Kier alpha value is -2.05. The molecule has 2 atom stereocenters. The lowest BCUT2D eigenvalue weighted by molar-refractivity contribution is 0.122. The molecule has 6 heteroatoms. The van der Waals surface area contributed by atoms with Gasteiger partial charge in [-0.05, 0) is 55.9 Å². The van der Waals surface area contributed by atoms with Crippen LogP contribution in [0, 0.1) is 19.8 Å². The van der Waals surface area contributed by atoms with Crippen molar-refractivity contribution in [2.45, 2.75) is 45.8 Å². The van der Waals surface area contributed by atoms with Gasteiger partial charge in [0.25, 0.3) is 0 Å². The van der Waals surface area contributed by atoms with Crippen LogP contribution >= 0.6 is 0 Å². The van der Waals surface area contributed by atoms with Gasteiger partial charge in [0.15, 0.2) is 11.5 Å². The summed E-state index contributed by atoms with van der Waals surface area (Å²) in [6.45, 7) is 11.1. The standard InChI is InChI=1S/C22H30N4O2/c1-15-7-21-22(28-6-5-27-21)8-18(15)11-26-10-17-3-4-19(26)12-25(9-17)13-20-16(2)23-14-24-20/h7-8,14,17,19H,3-6,9-13H2,1-2H3,(H,23,24)/t17-,19+/m0/s1. The van der Waals surface area contributed by atoms with Crippen molar-refractivity contribution >= 4 is 0 Å². The largest absolute Gasteiger partial charge is 0.486 e. The van der Waals surface area contributed by atoms with Crippen LogP contribution in [0.15, 0.2) is 18.5 Å². The monoisotopic (exact) mass is 382 g/mol. The fraction of sp³-hybridized carbons (Fsp3) is 0.591. The number of hydrogen-bond donors (Lipinski definition) is 1. The molecule has 3 fully saturated rings. The molecule has 0 unspecified atom stereocenters. The number of piperidine rings is 1. The molecule has 0 aliphatic carbocycles. The summed E-state index contributed by atoms with van der Waals surface area (Å²) in [6, 6.07) is 4.96. The van der Waals surface area contributed by atoms with E-state index in [1.807, 2.05) is 6.33 Å². The van der Waals surface area contributed by atoms with Gasteiger partial charge in [0, 0.05) is 44.5 Å². The highest BCUT2D eigenvalue weighted by Gasteiger charge is 2.35. The third-order valence-electron chi connectivity index (χ3n) is 6.58. The van der Waals surface area contributed by atoms with Crippen molar-refractivity contribution in [3.63, 3.8) is 0 Å². The highest BCUT2D eigenvalue weighted by atomic mass is 16.6. The van der Waals surface area contributed by atoms with Gasteiger partial charge in [0.1, 0.15) is 13.2 Å². The van der Waals surface area contributed by atoms with E-state index in [1.165, 1.54) is 48.4 Å². The van der Waals surface area contributed by atoms with Gasteiger partial charge in [-0.15, -0.1) is 0 Å². The second kappa shape index (κ2) is 7.41. The first-order valence-electron chi connectivity index (χ1n) is 10.5. The summed E-state index contributed by atoms with van der Waals surface area (Å²) in [4.78, 5) is 13.0. The summed E-state index contributed by atoms with van der Waals surface area (Å²) < 4.78 is 11.6. The van der Waals surface area contributed by atoms with Crippen LogP contribution in [0.25, 0.3) is 0 Å². The van der Waals surface area contributed by atoms with Gasteiger partial charge in [-0.1, -0.05) is 0 Å². The molecule has 5 heterocycles. The van der Waals surface area contributed by atoms with Crippen LogP contribution in [0.4, 0.5) is 0 Å². The number of H-pyrrole nitrogens is 1. The second-order valence-electron chi connectivity index (χ2n) is 8.62. The average molecular weight is 383 g/mol. The van der Waals surface area contributed by atoms with Crippen molar-refractivity contribution in [3.8, 4) is 11.5 Å². The van der Waals surface area contributed by atoms with E-state index in [2.05, 4.69) is 45.7 Å². The van der Waals surface area contributed by atoms with Crippen LogP contribution < -0.4 is 9.47 Å². The zero-order valence-corrected chi connectivity index (χ0v) is 16.9. The maximum Gasteiger partial charge on any atom is 0.161 e. The predicted molar refractivity (Wildman–Crippen MR) is 108 cm³/mol. The van der Waals surface area contributed by atoms with Gasteiger partial charge >= 0.3 is 0 Å². The predicted octanol–water partition coefficient (Wildman–Crippen LogP) is 2.89. The number of nitrogens with zero attached hydrogens (tertiary/aromatic N) is 3. The maximum absolute atomic E-state index is 5.82. The summed E-state index contributed by atoms with van der Waals surface area (Å²) >= 11 is 0. The summed E-state index contributed by atoms with van der Waals surface area (Å²) in [5, 5.41) is 0. The Kier molecular flexibility index (Phi) is 4.77. The number of nitrogens with one attached hydrogen (secondary N) is 1. The third kappa shape index (κ3) is 3.51. The van der Waals surface area contributed by atoms with E-state index in [-0.39, 0.29) is 0 Å². The number of aryl methyl sites for hydroxylation is 2. The molecule has 2 bridgehead atoms. The van der Waals surface area contributed by atoms with Gasteiger partial charge in [-0.2, -0.15) is 0 Å². The number of ether oxygens (including phenoxy) is 2. The van der Waals surface area contributed by atoms with Crippen molar-refractivity contribution in [1.29, 1.82) is 0 Å². The molecular weight excluding hydrogens is 352 g/mol. The number of hydrogen-bond acceptors (Lipinski definition) is 5. The average Bonchev–Trinajstić information content (AvgIpc) is 2.89. The minimum atomic E-state index is 0.616. The topological polar surface area (TPSA) is 53.6 Å². The Morgan fingerprint density at radius 3 is 2.64 bits per heavy atom. The smallest absolute Gasteiger partial charge is 0.161 e. The molecule has 3 saturated heterocycles. The molecule has 0 amide bonds. The highest BCUT2D eigenvalue weighted by Crippen LogP contribution is 2.35. The molecular formula is C22H30N4O2. The minimum absolute atomic E-state index is 0.616. The lowest BCUT2D eigenvalue weighted by Crippen LogP contribution is -2.43. The molecule has 1 N–H and O–H groups in total. The number of rotatable bonds is 4. The fourth-order valence-corrected chi connectivity index (χ4v) is 4.98. The van der Waals surface area contributed by atoms with Crippen LogP contribution in [0.5, 0.6) is 11.5 Å². The summed E-state index contributed by atoms with van der Waals surface area (Å²) in [5.74, 6) is 2.54. The van der Waals surface area contributed by atoms with Crippen LogP contribution in [0.3, 0.4) is 0 Å². The molecule has 4 aliphatic heterocycles. The number of fused-ring (bicyclic) bond motifs is 5. The van der Waals surface area contributed by atoms with E-state index < -0.39 is 0 Å². The molecule has 1 aromatic heterocycles. The second-order valence-corrected chi connectivity index (χ2v) is 8.62. The highest BCUT2D eigenvalue weighted by molar-refractivity contribution is 5.47. The molecule has 2 aromatic rings. The van der Waals surface area contributed by atoms with E-state index in [4.69, 9.17) is 9.47 Å². The van der Waals surface area contributed by atoms with Gasteiger partial charge in [-0.3, -0.25) is 9.80 Å². The van der Waals surface area contributed by atoms with Crippen LogP contribution in [-0.2, 0) is 13.1 Å². The molecule has 150 valence electrons. The van der Waals surface area contributed by atoms with Crippen LogP contribution in [-0.4, -0.2) is 58.7 Å². The SMILES string of the molecule is Cc1cc2c(cc1CN1C[C@H]3CC[C@@H]1CN(Cc1nc[nH]c1C)C3)OCCO2. The lowest BCUT2D eigenvalue weighted by atomic mass is 9.94. The fourth-order valence-electron chi connectivity index (χ4n) is 4.98. The quantitative estimate of drug-likeness (QED) is 0.881. The van der Waals surface area contributed by atoms with Crippen LogP contribution in [0.1, 0.15) is 35.4 Å². The lowest BCUT2D eigenvalue weighted by Gasteiger charge is -2.36. The Morgan fingerprint density at radius 2 is 1.86 bits per heavy atom. The summed E-state index contributed by atoms with van der Waals surface area (Å²) in [5.41, 5.74) is 5.05. The Labute approximate surface area is 166 Å². The van der Waals surface area contributed by atoms with E-state index in [9.17, 15) is 0 Å². The van der Waals surface area contributed by atoms with Crippen molar-refractivity contribution in [1.82, 2.24) is 19.8 Å². The molecule has 6 nitrogen and oxygen atoms in total. The molecule has 0 radical (unpaired) electrons. The number of aromatic amines is 1. The maximum atomic E-state index is 5.82. The zero-order chi connectivity index (χ0) is 19.1. The van der Waals surface area contributed by atoms with Crippen molar-refractivity contribution in [2.24, 2.45) is 5.92 Å². The molecule has 1 aromatic carbocycles. The summed E-state index contributed by atoms with van der Waals surface area (Å²) in [6.07, 6.45) is 4.45. The normalized spacial score (nSPS) is 25.1.